The third kappa shape index (κ3) is 2.72. The summed E-state index contributed by atoms with van der Waals surface area (Å²) in [5, 5.41) is 0.674. The molecule has 2 aromatic rings. The van der Waals surface area contributed by atoms with Gasteiger partial charge in [0, 0.05) is 27.0 Å². The average Bonchev–Trinajstić information content (AvgIpc) is 2.70. The van der Waals surface area contributed by atoms with Gasteiger partial charge in [-0.1, -0.05) is 41.4 Å². The van der Waals surface area contributed by atoms with E-state index in [1.807, 2.05) is 18.2 Å². The van der Waals surface area contributed by atoms with Crippen molar-refractivity contribution in [2.24, 2.45) is 0 Å². The van der Waals surface area contributed by atoms with Gasteiger partial charge in [0.1, 0.15) is 17.3 Å². The summed E-state index contributed by atoms with van der Waals surface area (Å²) < 4.78 is 3.03. The van der Waals surface area contributed by atoms with E-state index in [1.54, 1.807) is 0 Å². The van der Waals surface area contributed by atoms with Crippen molar-refractivity contribution >= 4 is 33.3 Å². The molecule has 0 amide bonds. The van der Waals surface area contributed by atoms with Gasteiger partial charge >= 0.3 is 0 Å². The van der Waals surface area contributed by atoms with Crippen LogP contribution in [-0.4, -0.2) is 9.55 Å². The molecule has 1 aromatic carbocycles. The first kappa shape index (κ1) is 15.4. The molecule has 20 heavy (non-hydrogen) atoms. The standard InChI is InChI=1S/C15H19BrClN3/c1-8(2)15-19-13(14(18)20(15)9(3)4)11-7-10(17)5-6-12(11)16/h5-9H,18H2,1-4H3. The van der Waals surface area contributed by atoms with E-state index >= 15 is 0 Å². The van der Waals surface area contributed by atoms with Crippen LogP contribution in [0.15, 0.2) is 22.7 Å². The second kappa shape index (κ2) is 5.78. The lowest BCUT2D eigenvalue weighted by Crippen LogP contribution is -2.10. The lowest BCUT2D eigenvalue weighted by molar-refractivity contribution is 0.556. The van der Waals surface area contributed by atoms with Crippen molar-refractivity contribution in [1.82, 2.24) is 9.55 Å². The molecule has 0 aliphatic rings. The normalized spacial score (nSPS) is 11.6. The second-order valence-corrected chi connectivity index (χ2v) is 6.74. The summed E-state index contributed by atoms with van der Waals surface area (Å²) in [5.41, 5.74) is 8.05. The van der Waals surface area contributed by atoms with Gasteiger partial charge in [-0.25, -0.2) is 4.98 Å². The first-order valence-corrected chi connectivity index (χ1v) is 7.83. The van der Waals surface area contributed by atoms with Crippen LogP contribution in [0.2, 0.25) is 5.02 Å². The number of benzene rings is 1. The monoisotopic (exact) mass is 355 g/mol. The van der Waals surface area contributed by atoms with Crippen molar-refractivity contribution in [2.75, 3.05) is 5.73 Å². The molecular weight excluding hydrogens is 338 g/mol. The predicted octanol–water partition coefficient (Wildman–Crippen LogP) is 5.25. The number of aromatic nitrogens is 2. The molecule has 0 unspecified atom stereocenters. The summed E-state index contributed by atoms with van der Waals surface area (Å²) in [7, 11) is 0. The molecule has 108 valence electrons. The van der Waals surface area contributed by atoms with Gasteiger partial charge in [0.15, 0.2) is 0 Å². The van der Waals surface area contributed by atoms with Gasteiger partial charge in [0.05, 0.1) is 0 Å². The Bertz CT molecular complexity index is 632. The summed E-state index contributed by atoms with van der Waals surface area (Å²) in [6, 6.07) is 5.92. The van der Waals surface area contributed by atoms with E-state index in [0.29, 0.717) is 16.8 Å². The summed E-state index contributed by atoms with van der Waals surface area (Å²) >= 11 is 9.64. The third-order valence-electron chi connectivity index (χ3n) is 3.19. The highest BCUT2D eigenvalue weighted by atomic mass is 79.9. The van der Waals surface area contributed by atoms with Gasteiger partial charge in [-0.3, -0.25) is 0 Å². The van der Waals surface area contributed by atoms with E-state index in [0.717, 1.165) is 21.6 Å². The zero-order valence-electron chi connectivity index (χ0n) is 12.1. The Hall–Kier alpha value is -1.00. The maximum absolute atomic E-state index is 6.33. The van der Waals surface area contributed by atoms with E-state index in [2.05, 4.69) is 48.2 Å². The van der Waals surface area contributed by atoms with E-state index in [-0.39, 0.29) is 6.04 Å². The molecule has 0 saturated heterocycles. The molecule has 0 saturated carbocycles. The Kier molecular flexibility index (Phi) is 4.45. The molecule has 0 aliphatic heterocycles. The summed E-state index contributed by atoms with van der Waals surface area (Å²) in [6.07, 6.45) is 0. The molecule has 0 aliphatic carbocycles. The number of hydrogen-bond donors (Lipinski definition) is 1. The molecule has 3 nitrogen and oxygen atoms in total. The van der Waals surface area contributed by atoms with Crippen molar-refractivity contribution < 1.29 is 0 Å². The lowest BCUT2D eigenvalue weighted by Gasteiger charge is -2.15. The number of rotatable bonds is 3. The Balaban J connectivity index is 2.69. The van der Waals surface area contributed by atoms with Crippen molar-refractivity contribution in [1.29, 1.82) is 0 Å². The Labute approximate surface area is 133 Å². The molecule has 0 atom stereocenters. The van der Waals surface area contributed by atoms with Crippen LogP contribution in [0.25, 0.3) is 11.3 Å². The van der Waals surface area contributed by atoms with E-state index in [9.17, 15) is 0 Å². The van der Waals surface area contributed by atoms with Gasteiger partial charge in [0.25, 0.3) is 0 Å². The average molecular weight is 357 g/mol. The van der Waals surface area contributed by atoms with Crippen molar-refractivity contribution in [3.05, 3.63) is 33.5 Å². The molecular formula is C15H19BrClN3. The molecule has 2 rings (SSSR count). The fourth-order valence-electron chi connectivity index (χ4n) is 2.29. The highest BCUT2D eigenvalue weighted by Crippen LogP contribution is 2.36. The minimum Gasteiger partial charge on any atom is -0.383 e. The fourth-order valence-corrected chi connectivity index (χ4v) is 2.90. The van der Waals surface area contributed by atoms with Gasteiger partial charge in [-0.2, -0.15) is 0 Å². The Morgan fingerprint density at radius 3 is 2.40 bits per heavy atom. The first-order valence-electron chi connectivity index (χ1n) is 6.66. The lowest BCUT2D eigenvalue weighted by atomic mass is 10.1. The van der Waals surface area contributed by atoms with Crippen molar-refractivity contribution in [2.45, 2.75) is 39.7 Å². The van der Waals surface area contributed by atoms with E-state index in [4.69, 9.17) is 22.3 Å². The van der Waals surface area contributed by atoms with Gasteiger partial charge < -0.3 is 10.3 Å². The molecule has 0 fully saturated rings. The van der Waals surface area contributed by atoms with Crippen LogP contribution in [0.4, 0.5) is 5.82 Å². The van der Waals surface area contributed by atoms with Gasteiger partial charge in [0.2, 0.25) is 0 Å². The predicted molar refractivity (Wildman–Crippen MR) is 89.3 cm³/mol. The Morgan fingerprint density at radius 1 is 1.25 bits per heavy atom. The van der Waals surface area contributed by atoms with Crippen LogP contribution >= 0.6 is 27.5 Å². The molecule has 0 spiro atoms. The van der Waals surface area contributed by atoms with Crippen LogP contribution < -0.4 is 5.73 Å². The highest BCUT2D eigenvalue weighted by Gasteiger charge is 2.21. The smallest absolute Gasteiger partial charge is 0.132 e. The molecule has 1 aromatic heterocycles. The number of imidazole rings is 1. The number of hydrogen-bond acceptors (Lipinski definition) is 2. The fraction of sp³-hybridized carbons (Fsp3) is 0.400. The molecule has 2 N–H and O–H groups in total. The number of anilines is 1. The number of halogens is 2. The van der Waals surface area contributed by atoms with Gasteiger partial charge in [-0.05, 0) is 32.0 Å². The van der Waals surface area contributed by atoms with Crippen LogP contribution in [0.1, 0.15) is 45.5 Å². The second-order valence-electron chi connectivity index (χ2n) is 5.45. The van der Waals surface area contributed by atoms with E-state index in [1.165, 1.54) is 0 Å². The molecule has 5 heteroatoms. The number of nitrogen functional groups attached to an aromatic ring is 1. The minimum absolute atomic E-state index is 0.270. The van der Waals surface area contributed by atoms with Crippen LogP contribution in [0.3, 0.4) is 0 Å². The van der Waals surface area contributed by atoms with Crippen LogP contribution in [0.5, 0.6) is 0 Å². The Morgan fingerprint density at radius 2 is 1.90 bits per heavy atom. The van der Waals surface area contributed by atoms with Crippen molar-refractivity contribution in [3.63, 3.8) is 0 Å². The third-order valence-corrected chi connectivity index (χ3v) is 4.12. The topological polar surface area (TPSA) is 43.8 Å². The van der Waals surface area contributed by atoms with Crippen molar-refractivity contribution in [3.8, 4) is 11.3 Å². The van der Waals surface area contributed by atoms with Crippen LogP contribution in [0, 0.1) is 0 Å². The SMILES string of the molecule is CC(C)c1nc(-c2cc(Cl)ccc2Br)c(N)n1C(C)C. The quantitative estimate of drug-likeness (QED) is 0.816. The van der Waals surface area contributed by atoms with E-state index < -0.39 is 0 Å². The maximum Gasteiger partial charge on any atom is 0.132 e. The maximum atomic E-state index is 6.33. The summed E-state index contributed by atoms with van der Waals surface area (Å²) in [4.78, 5) is 4.75. The zero-order chi connectivity index (χ0) is 15.0. The summed E-state index contributed by atoms with van der Waals surface area (Å²) in [5.74, 6) is 2.00. The molecule has 0 radical (unpaired) electrons. The molecule has 1 heterocycles. The largest absolute Gasteiger partial charge is 0.383 e. The summed E-state index contributed by atoms with van der Waals surface area (Å²) in [6.45, 7) is 8.47. The number of nitrogens with zero attached hydrogens (tertiary/aromatic N) is 2. The minimum atomic E-state index is 0.270. The zero-order valence-corrected chi connectivity index (χ0v) is 14.5. The van der Waals surface area contributed by atoms with Crippen LogP contribution in [-0.2, 0) is 0 Å². The number of nitrogens with two attached hydrogens (primary N) is 1. The molecule has 0 bridgehead atoms. The highest BCUT2D eigenvalue weighted by molar-refractivity contribution is 9.10. The first-order chi connectivity index (χ1) is 9.32. The van der Waals surface area contributed by atoms with Gasteiger partial charge in [-0.15, -0.1) is 0 Å².